The second-order valence-corrected chi connectivity index (χ2v) is 12.7. The largest absolute Gasteiger partial charge is 0.387 e. The number of nitriles is 1. The number of aliphatic hydroxyl groups is 1. The molecule has 1 saturated heterocycles. The van der Waals surface area contributed by atoms with Gasteiger partial charge in [-0.25, -0.2) is 4.98 Å². The molecule has 7 rings (SSSR count). The van der Waals surface area contributed by atoms with Gasteiger partial charge in [0, 0.05) is 43.3 Å². The summed E-state index contributed by atoms with van der Waals surface area (Å²) in [5, 5.41) is 30.4. The quantitative estimate of drug-likeness (QED) is 0.363. The molecule has 4 bridgehead atoms. The number of halogens is 1. The second kappa shape index (κ2) is 11.5. The molecule has 4 saturated carbocycles. The topological polar surface area (TPSA) is 126 Å². The Labute approximate surface area is 240 Å². The molecule has 2 heterocycles. The van der Waals surface area contributed by atoms with Crippen molar-refractivity contribution in [2.75, 3.05) is 36.9 Å². The molecule has 1 aromatic carbocycles. The molecule has 10 heteroatoms. The van der Waals surface area contributed by atoms with Crippen molar-refractivity contribution in [1.29, 1.82) is 5.26 Å². The molecule has 1 amide bonds. The summed E-state index contributed by atoms with van der Waals surface area (Å²) in [6, 6.07) is 10.9. The van der Waals surface area contributed by atoms with Crippen LogP contribution in [0.25, 0.3) is 0 Å². The maximum Gasteiger partial charge on any atom is 0.248 e. The first-order chi connectivity index (χ1) is 19.4. The fourth-order valence-corrected chi connectivity index (χ4v) is 8.32. The number of hydrogen-bond donors (Lipinski definition) is 4. The van der Waals surface area contributed by atoms with Gasteiger partial charge in [0.2, 0.25) is 11.9 Å². The lowest BCUT2D eigenvalue weighted by molar-refractivity contribution is -0.135. The fourth-order valence-electron chi connectivity index (χ4n) is 8.12. The molecule has 5 atom stereocenters. The van der Waals surface area contributed by atoms with Gasteiger partial charge in [0.15, 0.2) is 0 Å². The highest BCUT2D eigenvalue weighted by Crippen LogP contribution is 2.60. The lowest BCUT2D eigenvalue weighted by Gasteiger charge is -2.61. The number of aliphatic hydroxyl groups excluding tert-OH is 1. The van der Waals surface area contributed by atoms with E-state index in [0.29, 0.717) is 52.8 Å². The number of likely N-dealkylation sites (tertiary alicyclic amines) is 1. The number of carbonyl (C=O) groups is 1. The Morgan fingerprint density at radius 2 is 1.90 bits per heavy atom. The van der Waals surface area contributed by atoms with Gasteiger partial charge < -0.3 is 26.0 Å². The third-order valence-corrected chi connectivity index (χ3v) is 10.1. The Kier molecular flexibility index (Phi) is 7.84. The van der Waals surface area contributed by atoms with Crippen LogP contribution in [0, 0.1) is 34.5 Å². The van der Waals surface area contributed by atoms with E-state index >= 15 is 0 Å². The Morgan fingerprint density at radius 3 is 2.60 bits per heavy atom. The highest BCUT2D eigenvalue weighted by molar-refractivity contribution is 6.31. The molecule has 4 N–H and O–H groups in total. The van der Waals surface area contributed by atoms with Gasteiger partial charge in [-0.15, -0.1) is 0 Å². The first kappa shape index (κ1) is 27.3. The average molecular weight is 564 g/mol. The zero-order chi connectivity index (χ0) is 27.7. The van der Waals surface area contributed by atoms with E-state index in [9.17, 15) is 10.1 Å². The molecule has 0 spiro atoms. The summed E-state index contributed by atoms with van der Waals surface area (Å²) in [5.74, 6) is 3.01. The molecule has 9 nitrogen and oxygen atoms in total. The predicted octanol–water partition coefficient (Wildman–Crippen LogP) is 3.79. The predicted molar refractivity (Wildman–Crippen MR) is 154 cm³/mol. The van der Waals surface area contributed by atoms with Gasteiger partial charge in [-0.2, -0.15) is 10.2 Å². The number of hydrogen-bond acceptors (Lipinski definition) is 8. The Balaban J connectivity index is 1.08. The van der Waals surface area contributed by atoms with Crippen LogP contribution in [0.2, 0.25) is 5.02 Å². The molecule has 5 aliphatic rings. The maximum atomic E-state index is 11.8. The molecule has 5 fully saturated rings. The molecule has 1 aliphatic heterocycles. The monoisotopic (exact) mass is 563 g/mol. The summed E-state index contributed by atoms with van der Waals surface area (Å²) in [5.41, 5.74) is 1.65. The van der Waals surface area contributed by atoms with E-state index in [1.54, 1.807) is 11.1 Å². The van der Waals surface area contributed by atoms with Crippen molar-refractivity contribution in [2.45, 2.75) is 63.6 Å². The van der Waals surface area contributed by atoms with Crippen LogP contribution in [-0.4, -0.2) is 64.2 Å². The highest BCUT2D eigenvalue weighted by Gasteiger charge is 2.55. The Morgan fingerprint density at radius 1 is 1.15 bits per heavy atom. The zero-order valence-corrected chi connectivity index (χ0v) is 23.5. The van der Waals surface area contributed by atoms with E-state index < -0.39 is 6.61 Å². The van der Waals surface area contributed by atoms with Gasteiger partial charge in [0.1, 0.15) is 24.1 Å². The van der Waals surface area contributed by atoms with Crippen LogP contribution in [0.15, 0.2) is 30.5 Å². The van der Waals surface area contributed by atoms with Crippen molar-refractivity contribution in [3.8, 4) is 6.07 Å². The average Bonchev–Trinajstić information content (AvgIpc) is 2.97. The van der Waals surface area contributed by atoms with E-state index in [4.69, 9.17) is 16.7 Å². The minimum atomic E-state index is -0.395. The Bertz CT molecular complexity index is 1260. The van der Waals surface area contributed by atoms with E-state index in [2.05, 4.69) is 32.0 Å². The summed E-state index contributed by atoms with van der Waals surface area (Å²) >= 11 is 6.29. The number of benzene rings is 1. The number of carbonyl (C=O) groups excluding carboxylic acids is 1. The SMILES string of the molecule is N#Cc1cnc(NCc2ccccc2Cl)nc1NCC12CC3C[C@H](C1)C(NC1CCN(C(=O)CO)CC1)[C@@H](C3)C2. The smallest absolute Gasteiger partial charge is 0.248 e. The molecule has 212 valence electrons. The zero-order valence-electron chi connectivity index (χ0n) is 22.8. The second-order valence-electron chi connectivity index (χ2n) is 12.3. The molecule has 2 aromatic rings. The van der Waals surface area contributed by atoms with Gasteiger partial charge >= 0.3 is 0 Å². The minimum absolute atomic E-state index is 0.158. The van der Waals surface area contributed by atoms with Crippen LogP contribution in [-0.2, 0) is 11.3 Å². The molecular formula is C30H38ClN7O2. The summed E-state index contributed by atoms with van der Waals surface area (Å²) in [7, 11) is 0. The van der Waals surface area contributed by atoms with Gasteiger partial charge in [-0.05, 0) is 79.7 Å². The molecule has 1 aromatic heterocycles. The number of aromatic nitrogens is 2. The molecule has 4 aliphatic carbocycles. The number of amides is 1. The number of nitrogens with zero attached hydrogens (tertiary/aromatic N) is 4. The molecule has 3 unspecified atom stereocenters. The highest BCUT2D eigenvalue weighted by atomic mass is 35.5. The summed E-state index contributed by atoms with van der Waals surface area (Å²) in [4.78, 5) is 22.6. The minimum Gasteiger partial charge on any atom is -0.387 e. The van der Waals surface area contributed by atoms with Gasteiger partial charge in [-0.3, -0.25) is 4.79 Å². The third kappa shape index (κ3) is 5.63. The summed E-state index contributed by atoms with van der Waals surface area (Å²) in [6.45, 7) is 2.38. The maximum absolute atomic E-state index is 11.8. The van der Waals surface area contributed by atoms with E-state index in [1.807, 2.05) is 24.3 Å². The van der Waals surface area contributed by atoms with Crippen molar-refractivity contribution in [3.05, 3.63) is 46.6 Å². The van der Waals surface area contributed by atoms with Crippen molar-refractivity contribution in [2.24, 2.45) is 23.2 Å². The van der Waals surface area contributed by atoms with Crippen molar-refractivity contribution in [3.63, 3.8) is 0 Å². The number of anilines is 2. The lowest BCUT2D eigenvalue weighted by Crippen LogP contribution is -2.62. The van der Waals surface area contributed by atoms with Gasteiger partial charge in [-0.1, -0.05) is 29.8 Å². The normalized spacial score (nSPS) is 29.3. The van der Waals surface area contributed by atoms with Crippen LogP contribution in [0.3, 0.4) is 0 Å². The van der Waals surface area contributed by atoms with Crippen molar-refractivity contribution < 1.29 is 9.90 Å². The van der Waals surface area contributed by atoms with Crippen molar-refractivity contribution in [1.82, 2.24) is 20.2 Å². The number of nitrogens with one attached hydrogen (secondary N) is 3. The van der Waals surface area contributed by atoms with Crippen LogP contribution in [0.5, 0.6) is 0 Å². The fraction of sp³-hybridized carbons (Fsp3) is 0.600. The van der Waals surface area contributed by atoms with Crippen molar-refractivity contribution >= 4 is 29.3 Å². The summed E-state index contributed by atoms with van der Waals surface area (Å²) < 4.78 is 0. The van der Waals surface area contributed by atoms with E-state index in [1.165, 1.54) is 32.1 Å². The lowest BCUT2D eigenvalue weighted by atomic mass is 9.48. The standard InChI is InChI=1S/C30H38ClN7O2/c31-25-4-2-1-3-20(25)15-33-29-34-16-23(14-32)28(37-29)35-18-30-11-19-9-21(12-30)27(22(10-19)13-30)36-24-5-7-38(8-6-24)26(40)17-39/h1-4,16,19,21-22,24,27,36,39H,5-13,15,17-18H2,(H2,33,34,35,37)/t19?,21-,22+,27?,30?. The Hall–Kier alpha value is -2.93. The molecule has 40 heavy (non-hydrogen) atoms. The summed E-state index contributed by atoms with van der Waals surface area (Å²) in [6.07, 6.45) is 9.71. The molecular weight excluding hydrogens is 526 g/mol. The molecule has 0 radical (unpaired) electrons. The van der Waals surface area contributed by atoms with Gasteiger partial charge in [0.05, 0.1) is 6.20 Å². The first-order valence-electron chi connectivity index (χ1n) is 14.6. The van der Waals surface area contributed by atoms with Crippen LogP contribution in [0.4, 0.5) is 11.8 Å². The third-order valence-electron chi connectivity index (χ3n) is 9.75. The van der Waals surface area contributed by atoms with Gasteiger partial charge in [0.25, 0.3) is 0 Å². The van der Waals surface area contributed by atoms with E-state index in [-0.39, 0.29) is 11.3 Å². The number of rotatable bonds is 9. The van der Waals surface area contributed by atoms with Crippen LogP contribution >= 0.6 is 11.6 Å². The van der Waals surface area contributed by atoms with Crippen LogP contribution < -0.4 is 16.0 Å². The number of piperidine rings is 1. The first-order valence-corrected chi connectivity index (χ1v) is 15.0. The van der Waals surface area contributed by atoms with Crippen LogP contribution in [0.1, 0.15) is 56.1 Å². The van der Waals surface area contributed by atoms with E-state index in [0.717, 1.165) is 44.0 Å².